The van der Waals surface area contributed by atoms with Gasteiger partial charge in [-0.05, 0) is 18.2 Å². The number of halogens is 2. The maximum Gasteiger partial charge on any atom is 0.338 e. The maximum atomic E-state index is 13.7. The summed E-state index contributed by atoms with van der Waals surface area (Å²) in [4.78, 5) is 11.5. The van der Waals surface area contributed by atoms with Crippen molar-refractivity contribution < 1.29 is 19.0 Å². The van der Waals surface area contributed by atoms with Crippen molar-refractivity contribution >= 4 is 23.3 Å². The SMILES string of the molecule is C=CCOC(=O)c1ccc(NCC(O)CCl)c(F)c1. The number of rotatable bonds is 7. The molecule has 19 heavy (non-hydrogen) atoms. The number of ether oxygens (including phenoxy) is 1. The molecule has 1 unspecified atom stereocenters. The summed E-state index contributed by atoms with van der Waals surface area (Å²) in [6, 6.07) is 3.91. The van der Waals surface area contributed by atoms with E-state index in [0.29, 0.717) is 0 Å². The fourth-order valence-electron chi connectivity index (χ4n) is 1.29. The second kappa shape index (κ2) is 7.76. The normalized spacial score (nSPS) is 11.7. The van der Waals surface area contributed by atoms with Gasteiger partial charge in [-0.3, -0.25) is 0 Å². The second-order valence-electron chi connectivity index (χ2n) is 3.77. The van der Waals surface area contributed by atoms with Crippen molar-refractivity contribution in [2.75, 3.05) is 24.3 Å². The highest BCUT2D eigenvalue weighted by atomic mass is 35.5. The zero-order valence-corrected chi connectivity index (χ0v) is 11.0. The Hall–Kier alpha value is -1.59. The lowest BCUT2D eigenvalue weighted by molar-refractivity contribution is 0.0549. The van der Waals surface area contributed by atoms with E-state index in [9.17, 15) is 14.3 Å². The Bertz CT molecular complexity index is 454. The quantitative estimate of drug-likeness (QED) is 0.458. The number of esters is 1. The van der Waals surface area contributed by atoms with Gasteiger partial charge in [0.2, 0.25) is 0 Å². The van der Waals surface area contributed by atoms with E-state index in [1.54, 1.807) is 0 Å². The summed E-state index contributed by atoms with van der Waals surface area (Å²) in [5.41, 5.74) is 0.298. The van der Waals surface area contributed by atoms with Crippen LogP contribution in [-0.4, -0.2) is 36.2 Å². The lowest BCUT2D eigenvalue weighted by Gasteiger charge is -2.11. The summed E-state index contributed by atoms with van der Waals surface area (Å²) in [7, 11) is 0. The first-order valence-electron chi connectivity index (χ1n) is 5.64. The van der Waals surface area contributed by atoms with Gasteiger partial charge in [0.15, 0.2) is 0 Å². The molecule has 1 rings (SSSR count). The number of alkyl halides is 1. The molecular weight excluding hydrogens is 273 g/mol. The summed E-state index contributed by atoms with van der Waals surface area (Å²) in [5, 5.41) is 11.9. The van der Waals surface area contributed by atoms with Gasteiger partial charge in [0, 0.05) is 6.54 Å². The molecule has 0 aliphatic carbocycles. The third-order valence-corrected chi connectivity index (χ3v) is 2.60. The molecule has 104 valence electrons. The van der Waals surface area contributed by atoms with E-state index in [2.05, 4.69) is 11.9 Å². The van der Waals surface area contributed by atoms with Crippen molar-refractivity contribution in [2.24, 2.45) is 0 Å². The third kappa shape index (κ3) is 4.89. The van der Waals surface area contributed by atoms with E-state index >= 15 is 0 Å². The summed E-state index contributed by atoms with van der Waals surface area (Å²) >= 11 is 5.42. The van der Waals surface area contributed by atoms with Crippen LogP contribution in [0.5, 0.6) is 0 Å². The van der Waals surface area contributed by atoms with E-state index < -0.39 is 17.9 Å². The molecule has 0 saturated carbocycles. The number of carbonyl (C=O) groups is 1. The fourth-order valence-corrected chi connectivity index (χ4v) is 1.39. The molecule has 0 aliphatic heterocycles. The predicted octanol–water partition coefficient (Wildman–Crippen LogP) is 2.18. The van der Waals surface area contributed by atoms with Gasteiger partial charge in [-0.25, -0.2) is 9.18 Å². The Balaban J connectivity index is 2.68. The number of nitrogens with one attached hydrogen (secondary N) is 1. The highest BCUT2D eigenvalue weighted by Gasteiger charge is 2.11. The molecule has 1 aromatic carbocycles. The van der Waals surface area contributed by atoms with E-state index in [-0.39, 0.29) is 30.3 Å². The summed E-state index contributed by atoms with van der Waals surface area (Å²) in [5.74, 6) is -1.17. The van der Waals surface area contributed by atoms with Crippen LogP contribution < -0.4 is 5.32 Å². The average Bonchev–Trinajstić information content (AvgIpc) is 2.42. The summed E-state index contributed by atoms with van der Waals surface area (Å²) in [6.07, 6.45) is 0.663. The zero-order valence-electron chi connectivity index (χ0n) is 10.2. The van der Waals surface area contributed by atoms with Crippen molar-refractivity contribution in [1.29, 1.82) is 0 Å². The van der Waals surface area contributed by atoms with Crippen molar-refractivity contribution in [3.63, 3.8) is 0 Å². The Labute approximate surface area is 115 Å². The van der Waals surface area contributed by atoms with E-state index in [0.717, 1.165) is 6.07 Å². The molecule has 6 heteroatoms. The Morgan fingerprint density at radius 1 is 1.63 bits per heavy atom. The molecule has 0 radical (unpaired) electrons. The summed E-state index contributed by atoms with van der Waals surface area (Å²) in [6.45, 7) is 3.61. The number of hydrogen-bond acceptors (Lipinski definition) is 4. The minimum absolute atomic E-state index is 0.0561. The van der Waals surface area contributed by atoms with E-state index in [1.165, 1.54) is 18.2 Å². The van der Waals surface area contributed by atoms with Crippen molar-refractivity contribution in [1.82, 2.24) is 0 Å². The van der Waals surface area contributed by atoms with Gasteiger partial charge in [0.05, 0.1) is 23.2 Å². The monoisotopic (exact) mass is 287 g/mol. The first-order valence-corrected chi connectivity index (χ1v) is 6.17. The molecule has 0 aliphatic rings. The second-order valence-corrected chi connectivity index (χ2v) is 4.08. The molecular formula is C13H15ClFNO3. The summed E-state index contributed by atoms with van der Waals surface area (Å²) < 4.78 is 18.5. The minimum atomic E-state index is -0.765. The molecule has 4 nitrogen and oxygen atoms in total. The molecule has 0 fully saturated rings. The van der Waals surface area contributed by atoms with Gasteiger partial charge in [-0.2, -0.15) is 0 Å². The van der Waals surface area contributed by atoms with E-state index in [4.69, 9.17) is 16.3 Å². The lowest BCUT2D eigenvalue weighted by atomic mass is 10.2. The van der Waals surface area contributed by atoms with Crippen LogP contribution in [0.25, 0.3) is 0 Å². The largest absolute Gasteiger partial charge is 0.458 e. The minimum Gasteiger partial charge on any atom is -0.458 e. The fraction of sp³-hybridized carbons (Fsp3) is 0.308. The topological polar surface area (TPSA) is 58.6 Å². The standard InChI is InChI=1S/C13H15ClFNO3/c1-2-5-19-13(18)9-3-4-12(11(15)6-9)16-8-10(17)7-14/h2-4,6,10,16-17H,1,5,7-8H2. The van der Waals surface area contributed by atoms with Crippen LogP contribution in [0.2, 0.25) is 0 Å². The van der Waals surface area contributed by atoms with Crippen LogP contribution in [0.3, 0.4) is 0 Å². The van der Waals surface area contributed by atoms with Crippen molar-refractivity contribution in [2.45, 2.75) is 6.10 Å². The highest BCUT2D eigenvalue weighted by Crippen LogP contribution is 2.16. The van der Waals surface area contributed by atoms with Crippen LogP contribution in [0.4, 0.5) is 10.1 Å². The molecule has 0 bridgehead atoms. The number of aliphatic hydroxyl groups excluding tert-OH is 1. The Morgan fingerprint density at radius 3 is 2.95 bits per heavy atom. The zero-order chi connectivity index (χ0) is 14.3. The van der Waals surface area contributed by atoms with Gasteiger partial charge in [-0.15, -0.1) is 11.6 Å². The van der Waals surface area contributed by atoms with Crippen LogP contribution in [-0.2, 0) is 4.74 Å². The van der Waals surface area contributed by atoms with Crippen LogP contribution in [0.1, 0.15) is 10.4 Å². The van der Waals surface area contributed by atoms with Gasteiger partial charge >= 0.3 is 5.97 Å². The van der Waals surface area contributed by atoms with Gasteiger partial charge in [0.1, 0.15) is 12.4 Å². The average molecular weight is 288 g/mol. The number of aliphatic hydroxyl groups is 1. The van der Waals surface area contributed by atoms with Gasteiger partial charge in [0.25, 0.3) is 0 Å². The van der Waals surface area contributed by atoms with Gasteiger partial charge < -0.3 is 15.2 Å². The van der Waals surface area contributed by atoms with Crippen LogP contribution in [0.15, 0.2) is 30.9 Å². The van der Waals surface area contributed by atoms with Crippen LogP contribution >= 0.6 is 11.6 Å². The molecule has 0 spiro atoms. The van der Waals surface area contributed by atoms with E-state index in [1.807, 2.05) is 0 Å². The van der Waals surface area contributed by atoms with Gasteiger partial charge in [-0.1, -0.05) is 12.7 Å². The molecule has 0 heterocycles. The first kappa shape index (κ1) is 15.5. The molecule has 1 aromatic rings. The Morgan fingerprint density at radius 2 is 2.37 bits per heavy atom. The number of hydrogen-bond donors (Lipinski definition) is 2. The highest BCUT2D eigenvalue weighted by molar-refractivity contribution is 6.18. The van der Waals surface area contributed by atoms with Crippen molar-refractivity contribution in [3.05, 3.63) is 42.2 Å². The maximum absolute atomic E-state index is 13.7. The molecule has 2 N–H and O–H groups in total. The predicted molar refractivity (Wildman–Crippen MR) is 72.1 cm³/mol. The number of anilines is 1. The smallest absolute Gasteiger partial charge is 0.338 e. The number of benzene rings is 1. The molecule has 0 amide bonds. The Kier molecular flexibility index (Phi) is 6.32. The van der Waals surface area contributed by atoms with Crippen LogP contribution in [0, 0.1) is 5.82 Å². The number of carbonyl (C=O) groups excluding carboxylic acids is 1. The lowest BCUT2D eigenvalue weighted by Crippen LogP contribution is -2.21. The first-order chi connectivity index (χ1) is 9.08. The molecule has 0 saturated heterocycles. The third-order valence-electron chi connectivity index (χ3n) is 2.24. The molecule has 0 aromatic heterocycles. The van der Waals surface area contributed by atoms with Crippen molar-refractivity contribution in [3.8, 4) is 0 Å². The molecule has 1 atom stereocenters.